The normalized spacial score (nSPS) is 23.4. The third-order valence-corrected chi connectivity index (χ3v) is 7.57. The van der Waals surface area contributed by atoms with E-state index in [4.69, 9.17) is 10.5 Å². The summed E-state index contributed by atoms with van der Waals surface area (Å²) in [5, 5.41) is 0.718. The van der Waals surface area contributed by atoms with Crippen molar-refractivity contribution >= 4 is 22.5 Å². The third kappa shape index (κ3) is 5.03. The Morgan fingerprint density at radius 1 is 1.21 bits per heavy atom. The lowest BCUT2D eigenvalue weighted by molar-refractivity contribution is 0.0384. The number of piperidine rings is 1. The van der Waals surface area contributed by atoms with Crippen LogP contribution < -0.4 is 5.73 Å². The number of thiazole rings is 1. The summed E-state index contributed by atoms with van der Waals surface area (Å²) in [4.78, 5) is 25.3. The maximum Gasteiger partial charge on any atom is 0.320 e. The number of nitrogens with two attached hydrogens (primary N) is 1. The second kappa shape index (κ2) is 9.62. The van der Waals surface area contributed by atoms with E-state index in [1.807, 2.05) is 4.90 Å². The van der Waals surface area contributed by atoms with Crippen molar-refractivity contribution in [3.63, 3.8) is 0 Å². The van der Waals surface area contributed by atoms with Crippen LogP contribution in [0.2, 0.25) is 0 Å². The van der Waals surface area contributed by atoms with Gasteiger partial charge in [-0.05, 0) is 51.0 Å². The molecule has 0 spiro atoms. The number of nitrogens with zero attached hydrogens (tertiary/aromatic N) is 4. The number of aromatic nitrogens is 1. The van der Waals surface area contributed by atoms with Gasteiger partial charge in [-0.2, -0.15) is 0 Å². The van der Waals surface area contributed by atoms with E-state index < -0.39 is 0 Å². The van der Waals surface area contributed by atoms with Crippen LogP contribution in [0.25, 0.3) is 0 Å². The molecule has 1 aromatic rings. The average molecular weight is 422 g/mol. The molecule has 29 heavy (non-hydrogen) atoms. The van der Waals surface area contributed by atoms with E-state index in [1.54, 1.807) is 11.3 Å². The van der Waals surface area contributed by atoms with Gasteiger partial charge < -0.3 is 20.3 Å². The number of urea groups is 1. The first-order valence-electron chi connectivity index (χ1n) is 11.2. The number of morpholine rings is 1. The van der Waals surface area contributed by atoms with Crippen LogP contribution in [0.4, 0.5) is 9.93 Å². The molecule has 2 saturated heterocycles. The molecule has 1 aromatic heterocycles. The zero-order valence-electron chi connectivity index (χ0n) is 17.6. The molecular weight excluding hydrogens is 386 g/mol. The molecule has 0 bridgehead atoms. The summed E-state index contributed by atoms with van der Waals surface area (Å²) in [5.41, 5.74) is 7.16. The molecular formula is C21H35N5O2S. The quantitative estimate of drug-likeness (QED) is 0.790. The highest BCUT2D eigenvalue weighted by molar-refractivity contribution is 7.15. The van der Waals surface area contributed by atoms with Crippen LogP contribution in [-0.4, -0.2) is 84.2 Å². The van der Waals surface area contributed by atoms with Gasteiger partial charge in [0.2, 0.25) is 0 Å². The fourth-order valence-electron chi connectivity index (χ4n) is 4.99. The van der Waals surface area contributed by atoms with Crippen LogP contribution in [0.1, 0.15) is 43.2 Å². The minimum absolute atomic E-state index is 0.208. The Balaban J connectivity index is 1.29. The SMILES string of the molecule is CCCN(CC1CCN(C(=O)N2CCOCC2)CC1)[C@H]1CCc2nc(N)sc2C1. The molecule has 7 nitrogen and oxygen atoms in total. The van der Waals surface area contributed by atoms with Gasteiger partial charge in [0, 0.05) is 43.6 Å². The highest BCUT2D eigenvalue weighted by Gasteiger charge is 2.31. The molecule has 2 aliphatic heterocycles. The van der Waals surface area contributed by atoms with Crippen molar-refractivity contribution in [2.45, 2.75) is 51.5 Å². The van der Waals surface area contributed by atoms with Crippen molar-refractivity contribution < 1.29 is 9.53 Å². The molecule has 0 unspecified atom stereocenters. The summed E-state index contributed by atoms with van der Waals surface area (Å²) in [6.45, 7) is 9.16. The van der Waals surface area contributed by atoms with Crippen molar-refractivity contribution in [2.24, 2.45) is 5.92 Å². The summed E-state index contributed by atoms with van der Waals surface area (Å²) in [7, 11) is 0. The zero-order chi connectivity index (χ0) is 20.2. The van der Waals surface area contributed by atoms with Crippen LogP contribution in [0.5, 0.6) is 0 Å². The number of rotatable bonds is 5. The summed E-state index contributed by atoms with van der Waals surface area (Å²) in [6, 6.07) is 0.815. The van der Waals surface area contributed by atoms with Crippen LogP contribution in [0, 0.1) is 5.92 Å². The number of aryl methyl sites for hydroxylation is 1. The number of hydrogen-bond acceptors (Lipinski definition) is 6. The van der Waals surface area contributed by atoms with Crippen LogP contribution in [-0.2, 0) is 17.6 Å². The molecule has 0 aromatic carbocycles. The lowest BCUT2D eigenvalue weighted by Gasteiger charge is -2.40. The minimum atomic E-state index is 0.208. The van der Waals surface area contributed by atoms with Gasteiger partial charge in [-0.25, -0.2) is 9.78 Å². The number of carbonyl (C=O) groups is 1. The molecule has 1 atom stereocenters. The number of nitrogen functional groups attached to an aromatic ring is 1. The minimum Gasteiger partial charge on any atom is -0.378 e. The standard InChI is InChI=1S/C21H35N5O2S/c1-2-7-26(17-3-4-18-19(14-17)29-20(22)23-18)15-16-5-8-24(9-6-16)21(27)25-10-12-28-13-11-25/h16-17H,2-15H2,1H3,(H2,22,23)/t17-/m0/s1. The Hall–Kier alpha value is -1.38. The van der Waals surface area contributed by atoms with Gasteiger partial charge in [-0.1, -0.05) is 6.92 Å². The molecule has 2 amide bonds. The summed E-state index contributed by atoms with van der Waals surface area (Å²) in [5.74, 6) is 0.684. The highest BCUT2D eigenvalue weighted by atomic mass is 32.1. The van der Waals surface area contributed by atoms with E-state index >= 15 is 0 Å². The van der Waals surface area contributed by atoms with Crippen molar-refractivity contribution in [3.8, 4) is 0 Å². The first-order valence-corrected chi connectivity index (χ1v) is 12.1. The Labute approximate surface area is 178 Å². The van der Waals surface area contributed by atoms with E-state index in [0.717, 1.165) is 70.1 Å². The average Bonchev–Trinajstić information content (AvgIpc) is 3.13. The molecule has 2 N–H and O–H groups in total. The molecule has 1 aliphatic carbocycles. The summed E-state index contributed by atoms with van der Waals surface area (Å²) in [6.07, 6.45) is 6.75. The van der Waals surface area contributed by atoms with Crippen LogP contribution >= 0.6 is 11.3 Å². The molecule has 2 fully saturated rings. The molecule has 3 heterocycles. The lowest BCUT2D eigenvalue weighted by Crippen LogP contribution is -2.51. The fourth-order valence-corrected chi connectivity index (χ4v) is 5.94. The predicted octanol–water partition coefficient (Wildman–Crippen LogP) is 2.46. The highest BCUT2D eigenvalue weighted by Crippen LogP contribution is 2.31. The van der Waals surface area contributed by atoms with E-state index in [-0.39, 0.29) is 6.03 Å². The Morgan fingerprint density at radius 2 is 1.93 bits per heavy atom. The Kier molecular flexibility index (Phi) is 6.92. The third-order valence-electron chi connectivity index (χ3n) is 6.62. The molecule has 0 radical (unpaired) electrons. The van der Waals surface area contributed by atoms with Crippen LogP contribution in [0.15, 0.2) is 0 Å². The number of fused-ring (bicyclic) bond motifs is 1. The van der Waals surface area contributed by atoms with Gasteiger partial charge >= 0.3 is 6.03 Å². The number of hydrogen-bond donors (Lipinski definition) is 1. The van der Waals surface area contributed by atoms with E-state index in [2.05, 4.69) is 21.7 Å². The van der Waals surface area contributed by atoms with Gasteiger partial charge in [0.25, 0.3) is 0 Å². The number of likely N-dealkylation sites (tertiary alicyclic amines) is 1. The number of ether oxygens (including phenoxy) is 1. The molecule has 3 aliphatic rings. The van der Waals surface area contributed by atoms with Gasteiger partial charge in [0.05, 0.1) is 18.9 Å². The van der Waals surface area contributed by atoms with Crippen molar-refractivity contribution in [1.29, 1.82) is 0 Å². The lowest BCUT2D eigenvalue weighted by atomic mass is 9.92. The smallest absolute Gasteiger partial charge is 0.320 e. The van der Waals surface area contributed by atoms with Crippen molar-refractivity contribution in [1.82, 2.24) is 19.7 Å². The number of amides is 2. The number of carbonyl (C=O) groups excluding carboxylic acids is 1. The second-order valence-electron chi connectivity index (χ2n) is 8.63. The van der Waals surface area contributed by atoms with Crippen molar-refractivity contribution in [3.05, 3.63) is 10.6 Å². The monoisotopic (exact) mass is 421 g/mol. The van der Waals surface area contributed by atoms with Crippen LogP contribution in [0.3, 0.4) is 0 Å². The van der Waals surface area contributed by atoms with Gasteiger partial charge in [0.1, 0.15) is 0 Å². The Bertz CT molecular complexity index is 683. The van der Waals surface area contributed by atoms with Gasteiger partial charge in [-0.3, -0.25) is 4.90 Å². The van der Waals surface area contributed by atoms with E-state index in [1.165, 1.54) is 23.4 Å². The van der Waals surface area contributed by atoms with Gasteiger partial charge in [-0.15, -0.1) is 11.3 Å². The first-order chi connectivity index (χ1) is 14.1. The predicted molar refractivity (Wildman–Crippen MR) is 116 cm³/mol. The maximum absolute atomic E-state index is 12.7. The Morgan fingerprint density at radius 3 is 2.66 bits per heavy atom. The first kappa shape index (κ1) is 20.9. The topological polar surface area (TPSA) is 74.9 Å². The molecule has 0 saturated carbocycles. The van der Waals surface area contributed by atoms with Crippen molar-refractivity contribution in [2.75, 3.05) is 58.2 Å². The maximum atomic E-state index is 12.7. The fraction of sp³-hybridized carbons (Fsp3) is 0.810. The molecule has 162 valence electrons. The molecule has 8 heteroatoms. The number of anilines is 1. The summed E-state index contributed by atoms with van der Waals surface area (Å²) < 4.78 is 5.37. The van der Waals surface area contributed by atoms with Gasteiger partial charge in [0.15, 0.2) is 5.13 Å². The van der Waals surface area contributed by atoms with E-state index in [9.17, 15) is 4.79 Å². The van der Waals surface area contributed by atoms with E-state index in [0.29, 0.717) is 25.2 Å². The molecule has 4 rings (SSSR count). The summed E-state index contributed by atoms with van der Waals surface area (Å²) >= 11 is 1.67. The second-order valence-corrected chi connectivity index (χ2v) is 9.74. The zero-order valence-corrected chi connectivity index (χ0v) is 18.5. The largest absolute Gasteiger partial charge is 0.378 e.